The molecule has 3 heteroatoms. The normalized spacial score (nSPS) is 12.0. The first-order chi connectivity index (χ1) is 22.3. The van der Waals surface area contributed by atoms with Crippen molar-refractivity contribution in [1.82, 2.24) is 4.57 Å². The van der Waals surface area contributed by atoms with E-state index in [0.717, 1.165) is 21.9 Å². The summed E-state index contributed by atoms with van der Waals surface area (Å²) in [6, 6.07) is 64.2. The first kappa shape index (κ1) is 25.8. The van der Waals surface area contributed by atoms with E-state index in [1.165, 1.54) is 48.2 Å². The average Bonchev–Trinajstić information content (AvgIpc) is 3.65. The van der Waals surface area contributed by atoms with Gasteiger partial charge in [0.15, 0.2) is 8.07 Å². The van der Waals surface area contributed by atoms with Crippen molar-refractivity contribution in [3.05, 3.63) is 176 Å². The van der Waals surface area contributed by atoms with Crippen molar-refractivity contribution in [2.24, 2.45) is 0 Å². The second-order valence-corrected chi connectivity index (χ2v) is 15.5. The Morgan fingerprint density at radius 1 is 0.356 bits per heavy atom. The van der Waals surface area contributed by atoms with Gasteiger partial charge in [0.25, 0.3) is 0 Å². The molecular weight excluding hydrogens is 563 g/mol. The van der Waals surface area contributed by atoms with E-state index in [1.807, 2.05) is 6.07 Å². The Morgan fingerprint density at radius 2 is 0.889 bits per heavy atom. The molecule has 2 nitrogen and oxygen atoms in total. The van der Waals surface area contributed by atoms with Crippen LogP contribution in [-0.2, 0) is 0 Å². The Hall–Kier alpha value is -5.64. The van der Waals surface area contributed by atoms with Crippen LogP contribution in [0.25, 0.3) is 49.4 Å². The van der Waals surface area contributed by atoms with Crippen LogP contribution in [0.2, 0.25) is 0 Å². The summed E-state index contributed by atoms with van der Waals surface area (Å²) in [6.45, 7) is 0. The molecule has 0 amide bonds. The van der Waals surface area contributed by atoms with E-state index in [4.69, 9.17) is 4.42 Å². The van der Waals surface area contributed by atoms with Gasteiger partial charge in [-0.25, -0.2) is 0 Å². The van der Waals surface area contributed by atoms with Gasteiger partial charge in [-0.05, 0) is 57.1 Å². The molecule has 9 rings (SSSR count). The Balaban J connectivity index is 1.40. The molecule has 9 aromatic rings. The molecule has 0 radical (unpaired) electrons. The van der Waals surface area contributed by atoms with Crippen LogP contribution in [-0.4, -0.2) is 12.6 Å². The van der Waals surface area contributed by atoms with E-state index in [1.54, 1.807) is 0 Å². The third kappa shape index (κ3) is 3.88. The van der Waals surface area contributed by atoms with Crippen molar-refractivity contribution in [3.8, 4) is 5.69 Å². The van der Waals surface area contributed by atoms with Gasteiger partial charge in [0.1, 0.15) is 11.2 Å². The second-order valence-electron chi connectivity index (χ2n) is 11.7. The Kier molecular flexibility index (Phi) is 5.87. The fourth-order valence-electron chi connectivity index (χ4n) is 7.40. The zero-order valence-corrected chi connectivity index (χ0v) is 25.6. The van der Waals surface area contributed by atoms with Crippen molar-refractivity contribution < 1.29 is 4.42 Å². The highest BCUT2D eigenvalue weighted by atomic mass is 28.3. The van der Waals surface area contributed by atoms with Gasteiger partial charge < -0.3 is 8.98 Å². The predicted octanol–water partition coefficient (Wildman–Crippen LogP) is 8.06. The number of benzene rings is 7. The third-order valence-corrected chi connectivity index (χ3v) is 14.1. The summed E-state index contributed by atoms with van der Waals surface area (Å²) in [6.07, 6.45) is 0. The van der Waals surface area contributed by atoms with Crippen LogP contribution in [0.1, 0.15) is 0 Å². The minimum Gasteiger partial charge on any atom is -0.456 e. The maximum Gasteiger partial charge on any atom is 0.179 e. The lowest BCUT2D eigenvalue weighted by molar-refractivity contribution is 0.669. The molecule has 0 N–H and O–H groups in total. The van der Waals surface area contributed by atoms with Gasteiger partial charge in [0.2, 0.25) is 0 Å². The summed E-state index contributed by atoms with van der Waals surface area (Å²) in [4.78, 5) is 0. The maximum absolute atomic E-state index is 6.49. The van der Waals surface area contributed by atoms with Crippen LogP contribution in [0.4, 0.5) is 0 Å². The number of aromatic nitrogens is 1. The largest absolute Gasteiger partial charge is 0.456 e. The molecule has 2 heterocycles. The summed E-state index contributed by atoms with van der Waals surface area (Å²) < 4.78 is 8.89. The fourth-order valence-corrected chi connectivity index (χ4v) is 12.2. The molecule has 0 unspecified atom stereocenters. The van der Waals surface area contributed by atoms with E-state index in [2.05, 4.69) is 174 Å². The van der Waals surface area contributed by atoms with E-state index >= 15 is 0 Å². The van der Waals surface area contributed by atoms with Crippen LogP contribution >= 0.6 is 0 Å². The summed E-state index contributed by atoms with van der Waals surface area (Å²) in [5.74, 6) is 0. The minimum absolute atomic E-state index is 0.923. The lowest BCUT2D eigenvalue weighted by Crippen LogP contribution is -2.74. The van der Waals surface area contributed by atoms with Crippen LogP contribution in [0.5, 0.6) is 0 Å². The smallest absolute Gasteiger partial charge is 0.179 e. The Morgan fingerprint density at radius 3 is 1.62 bits per heavy atom. The number of hydrogen-bond donors (Lipinski definition) is 0. The summed E-state index contributed by atoms with van der Waals surface area (Å²) in [5.41, 5.74) is 5.45. The summed E-state index contributed by atoms with van der Waals surface area (Å²) in [5, 5.41) is 10.2. The number of rotatable bonds is 5. The molecule has 0 fully saturated rings. The van der Waals surface area contributed by atoms with E-state index in [0.29, 0.717) is 0 Å². The van der Waals surface area contributed by atoms with Crippen molar-refractivity contribution in [2.75, 3.05) is 0 Å². The molecule has 2 aromatic heterocycles. The molecule has 0 bridgehead atoms. The number of hydrogen-bond acceptors (Lipinski definition) is 1. The minimum atomic E-state index is -2.81. The highest BCUT2D eigenvalue weighted by Crippen LogP contribution is 2.32. The van der Waals surface area contributed by atoms with Crippen LogP contribution in [0.15, 0.2) is 180 Å². The highest BCUT2D eigenvalue weighted by molar-refractivity contribution is 7.20. The van der Waals surface area contributed by atoms with Gasteiger partial charge >= 0.3 is 0 Å². The van der Waals surface area contributed by atoms with Gasteiger partial charge in [-0.3, -0.25) is 0 Å². The molecule has 0 spiro atoms. The molecule has 0 saturated heterocycles. The molecular formula is C42H29NOSi. The Bertz CT molecular complexity index is 2440. The summed E-state index contributed by atoms with van der Waals surface area (Å²) in [7, 11) is -2.81. The Labute approximate surface area is 262 Å². The molecule has 212 valence electrons. The average molecular weight is 592 g/mol. The van der Waals surface area contributed by atoms with Crippen LogP contribution in [0, 0.1) is 0 Å². The van der Waals surface area contributed by atoms with Crippen LogP contribution < -0.4 is 20.7 Å². The summed E-state index contributed by atoms with van der Waals surface area (Å²) >= 11 is 0. The maximum atomic E-state index is 6.49. The molecule has 45 heavy (non-hydrogen) atoms. The van der Waals surface area contributed by atoms with E-state index < -0.39 is 8.07 Å². The standard InChI is InChI=1S/C42H29NOSi/c1-4-14-30(15-5-1)43-39-22-12-10-20-35(39)38-28-33(25-27-40(38)43)45(31-16-6-2-7-17-31,32-18-8-3-9-19-32)34-24-26-37-36-21-11-13-23-41(36)44-42(37)29-34/h1-29H. The highest BCUT2D eigenvalue weighted by Gasteiger charge is 2.42. The first-order valence-electron chi connectivity index (χ1n) is 15.4. The van der Waals surface area contributed by atoms with Crippen molar-refractivity contribution in [2.45, 2.75) is 0 Å². The molecule has 0 aliphatic carbocycles. The number of nitrogens with zero attached hydrogens (tertiary/aromatic N) is 1. The number of para-hydroxylation sites is 3. The topological polar surface area (TPSA) is 18.1 Å². The van der Waals surface area contributed by atoms with Gasteiger partial charge in [0, 0.05) is 27.2 Å². The molecule has 0 saturated carbocycles. The van der Waals surface area contributed by atoms with Gasteiger partial charge in [-0.2, -0.15) is 0 Å². The molecule has 0 atom stereocenters. The number of furan rings is 1. The third-order valence-electron chi connectivity index (χ3n) is 9.35. The zero-order valence-electron chi connectivity index (χ0n) is 24.6. The van der Waals surface area contributed by atoms with E-state index in [-0.39, 0.29) is 0 Å². The molecule has 0 aliphatic rings. The fraction of sp³-hybridized carbons (Fsp3) is 0. The lowest BCUT2D eigenvalue weighted by atomic mass is 10.1. The zero-order chi connectivity index (χ0) is 29.8. The van der Waals surface area contributed by atoms with Gasteiger partial charge in [-0.1, -0.05) is 140 Å². The predicted molar refractivity (Wildman–Crippen MR) is 192 cm³/mol. The van der Waals surface area contributed by atoms with Gasteiger partial charge in [0.05, 0.1) is 11.0 Å². The van der Waals surface area contributed by atoms with E-state index in [9.17, 15) is 0 Å². The first-order valence-corrected chi connectivity index (χ1v) is 17.4. The van der Waals surface area contributed by atoms with Crippen molar-refractivity contribution in [1.29, 1.82) is 0 Å². The molecule has 0 aliphatic heterocycles. The SMILES string of the molecule is c1ccc(-n2c3ccccc3c3cc([Si](c4ccccc4)(c4ccccc4)c4ccc5c(c4)oc4ccccc45)ccc32)cc1. The lowest BCUT2D eigenvalue weighted by Gasteiger charge is -2.34. The second kappa shape index (κ2) is 10.2. The van der Waals surface area contributed by atoms with Crippen molar-refractivity contribution in [3.63, 3.8) is 0 Å². The quantitative estimate of drug-likeness (QED) is 0.146. The van der Waals surface area contributed by atoms with Crippen molar-refractivity contribution >= 4 is 72.6 Å². The number of fused-ring (bicyclic) bond motifs is 6. The van der Waals surface area contributed by atoms with Gasteiger partial charge in [-0.15, -0.1) is 0 Å². The monoisotopic (exact) mass is 591 g/mol. The molecule has 7 aromatic carbocycles. The van der Waals surface area contributed by atoms with Crippen LogP contribution in [0.3, 0.4) is 0 Å².